The quantitative estimate of drug-likeness (QED) is 0.503. The standard InChI is InChI=1S/C21H22N2OS/c24-18(12-6-2-5-11-17-9-3-1-4-10-17)15-21-23-16-20(25-21)19-13-7-8-14-22-19/h1,3-4,7-10,13-14,16H,2,5-6,11-12,15H2. The number of ketones is 1. The van der Waals surface area contributed by atoms with Gasteiger partial charge in [-0.2, -0.15) is 0 Å². The lowest BCUT2D eigenvalue weighted by Gasteiger charge is -2.01. The molecule has 0 saturated carbocycles. The largest absolute Gasteiger partial charge is 0.299 e. The SMILES string of the molecule is O=C(CCCCCc1ccccc1)Cc1ncc(-c2ccccn2)s1. The molecule has 0 aliphatic carbocycles. The lowest BCUT2D eigenvalue weighted by Crippen LogP contribution is -2.02. The van der Waals surface area contributed by atoms with Crippen molar-refractivity contribution < 1.29 is 4.79 Å². The van der Waals surface area contributed by atoms with Gasteiger partial charge in [0.25, 0.3) is 0 Å². The van der Waals surface area contributed by atoms with Crippen molar-refractivity contribution in [3.05, 3.63) is 71.5 Å². The molecule has 0 atom stereocenters. The van der Waals surface area contributed by atoms with Crippen molar-refractivity contribution in [3.63, 3.8) is 0 Å². The predicted octanol–water partition coefficient (Wildman–Crippen LogP) is 5.12. The first kappa shape index (κ1) is 17.5. The number of nitrogens with zero attached hydrogens (tertiary/aromatic N) is 2. The molecule has 3 nitrogen and oxygen atoms in total. The van der Waals surface area contributed by atoms with E-state index in [1.165, 1.54) is 5.56 Å². The molecule has 0 fully saturated rings. The van der Waals surface area contributed by atoms with Crippen LogP contribution in [0, 0.1) is 0 Å². The second kappa shape index (κ2) is 9.23. The number of carbonyl (C=O) groups is 1. The van der Waals surface area contributed by atoms with Crippen molar-refractivity contribution in [2.75, 3.05) is 0 Å². The van der Waals surface area contributed by atoms with E-state index in [0.29, 0.717) is 12.8 Å². The predicted molar refractivity (Wildman–Crippen MR) is 103 cm³/mol. The third-order valence-corrected chi connectivity index (χ3v) is 5.10. The van der Waals surface area contributed by atoms with Crippen LogP contribution in [0.25, 0.3) is 10.6 Å². The van der Waals surface area contributed by atoms with Gasteiger partial charge in [-0.1, -0.05) is 42.8 Å². The Hall–Kier alpha value is -2.33. The number of carbonyl (C=O) groups excluding carboxylic acids is 1. The minimum absolute atomic E-state index is 0.279. The fourth-order valence-electron chi connectivity index (χ4n) is 2.75. The average Bonchev–Trinajstić information content (AvgIpc) is 3.11. The second-order valence-corrected chi connectivity index (χ2v) is 7.21. The summed E-state index contributed by atoms with van der Waals surface area (Å²) in [7, 11) is 0. The number of benzene rings is 1. The second-order valence-electron chi connectivity index (χ2n) is 6.09. The van der Waals surface area contributed by atoms with Gasteiger partial charge in [0.15, 0.2) is 0 Å². The van der Waals surface area contributed by atoms with Gasteiger partial charge in [0.1, 0.15) is 10.8 Å². The summed E-state index contributed by atoms with van der Waals surface area (Å²) in [5, 5.41) is 0.884. The molecule has 0 saturated heterocycles. The van der Waals surface area contributed by atoms with Crippen LogP contribution in [-0.2, 0) is 17.6 Å². The van der Waals surface area contributed by atoms with E-state index in [9.17, 15) is 4.79 Å². The molecule has 3 aromatic rings. The highest BCUT2D eigenvalue weighted by molar-refractivity contribution is 7.15. The highest BCUT2D eigenvalue weighted by Gasteiger charge is 2.09. The van der Waals surface area contributed by atoms with Crippen LogP contribution in [0.15, 0.2) is 60.9 Å². The Morgan fingerprint density at radius 2 is 1.76 bits per heavy atom. The van der Waals surface area contributed by atoms with Crippen molar-refractivity contribution >= 4 is 17.1 Å². The summed E-state index contributed by atoms with van der Waals surface area (Å²) in [6.45, 7) is 0. The van der Waals surface area contributed by atoms with Gasteiger partial charge in [-0.3, -0.25) is 9.78 Å². The van der Waals surface area contributed by atoms with Gasteiger partial charge >= 0.3 is 0 Å². The zero-order valence-electron chi connectivity index (χ0n) is 14.2. The fourth-order valence-corrected chi connectivity index (χ4v) is 3.67. The molecule has 25 heavy (non-hydrogen) atoms. The van der Waals surface area contributed by atoms with E-state index in [-0.39, 0.29) is 5.78 Å². The lowest BCUT2D eigenvalue weighted by atomic mass is 10.0. The Bertz CT molecular complexity index is 784. The maximum atomic E-state index is 12.1. The Morgan fingerprint density at radius 3 is 2.56 bits per heavy atom. The number of pyridine rings is 1. The van der Waals surface area contributed by atoms with E-state index in [1.54, 1.807) is 17.5 Å². The number of hydrogen-bond donors (Lipinski definition) is 0. The van der Waals surface area contributed by atoms with Crippen molar-refractivity contribution in [3.8, 4) is 10.6 Å². The number of aryl methyl sites for hydroxylation is 1. The molecule has 0 aliphatic heterocycles. The van der Waals surface area contributed by atoms with Gasteiger partial charge < -0.3 is 0 Å². The molecule has 3 rings (SSSR count). The van der Waals surface area contributed by atoms with Crippen LogP contribution in [-0.4, -0.2) is 15.8 Å². The van der Waals surface area contributed by atoms with Crippen LogP contribution in [0.4, 0.5) is 0 Å². The Labute approximate surface area is 152 Å². The van der Waals surface area contributed by atoms with E-state index in [1.807, 2.05) is 30.5 Å². The molecule has 128 valence electrons. The molecule has 0 unspecified atom stereocenters. The zero-order chi connectivity index (χ0) is 17.3. The number of rotatable bonds is 9. The first-order chi connectivity index (χ1) is 12.3. The average molecular weight is 350 g/mol. The summed E-state index contributed by atoms with van der Waals surface area (Å²) in [5.74, 6) is 0.279. The maximum absolute atomic E-state index is 12.1. The molecule has 1 aromatic carbocycles. The number of unbranched alkanes of at least 4 members (excludes halogenated alkanes) is 2. The summed E-state index contributed by atoms with van der Waals surface area (Å²) in [5.41, 5.74) is 2.29. The van der Waals surface area contributed by atoms with Gasteiger partial charge in [-0.05, 0) is 37.0 Å². The Balaban J connectivity index is 1.37. The number of thiazole rings is 1. The van der Waals surface area contributed by atoms with Gasteiger partial charge in [0.2, 0.25) is 0 Å². The molecule has 0 radical (unpaired) electrons. The molecular formula is C21H22N2OS. The number of hydrogen-bond acceptors (Lipinski definition) is 4. The van der Waals surface area contributed by atoms with Crippen molar-refractivity contribution in [2.24, 2.45) is 0 Å². The summed E-state index contributed by atoms with van der Waals surface area (Å²) in [6, 6.07) is 16.3. The van der Waals surface area contributed by atoms with Crippen molar-refractivity contribution in [2.45, 2.75) is 38.5 Å². The molecule has 0 bridgehead atoms. The third kappa shape index (κ3) is 5.61. The van der Waals surface area contributed by atoms with Crippen LogP contribution < -0.4 is 0 Å². The Kier molecular flexibility index (Phi) is 6.46. The monoisotopic (exact) mass is 350 g/mol. The highest BCUT2D eigenvalue weighted by Crippen LogP contribution is 2.24. The topological polar surface area (TPSA) is 42.9 Å². The summed E-state index contributed by atoms with van der Waals surface area (Å²) >= 11 is 1.56. The lowest BCUT2D eigenvalue weighted by molar-refractivity contribution is -0.118. The Morgan fingerprint density at radius 1 is 0.920 bits per heavy atom. The first-order valence-corrected chi connectivity index (χ1v) is 9.54. The first-order valence-electron chi connectivity index (χ1n) is 8.73. The fraction of sp³-hybridized carbons (Fsp3) is 0.286. The van der Waals surface area contributed by atoms with Crippen LogP contribution in [0.2, 0.25) is 0 Å². The van der Waals surface area contributed by atoms with E-state index < -0.39 is 0 Å². The van der Waals surface area contributed by atoms with Crippen molar-refractivity contribution in [1.82, 2.24) is 9.97 Å². The molecule has 2 heterocycles. The van der Waals surface area contributed by atoms with E-state index in [0.717, 1.165) is 41.3 Å². The molecule has 0 N–H and O–H groups in total. The van der Waals surface area contributed by atoms with Crippen molar-refractivity contribution in [1.29, 1.82) is 0 Å². The summed E-state index contributed by atoms with van der Waals surface area (Å²) in [6.07, 6.45) is 8.96. The smallest absolute Gasteiger partial charge is 0.139 e. The highest BCUT2D eigenvalue weighted by atomic mass is 32.1. The van der Waals surface area contributed by atoms with Gasteiger partial charge in [-0.25, -0.2) is 4.98 Å². The van der Waals surface area contributed by atoms with Crippen LogP contribution in [0.3, 0.4) is 0 Å². The van der Waals surface area contributed by atoms with E-state index in [4.69, 9.17) is 0 Å². The minimum Gasteiger partial charge on any atom is -0.299 e. The normalized spacial score (nSPS) is 10.7. The molecule has 2 aromatic heterocycles. The van der Waals surface area contributed by atoms with E-state index in [2.05, 4.69) is 34.2 Å². The molecule has 0 aliphatic rings. The molecule has 4 heteroatoms. The maximum Gasteiger partial charge on any atom is 0.139 e. The summed E-state index contributed by atoms with van der Waals surface area (Å²) < 4.78 is 0. The van der Waals surface area contributed by atoms with Crippen LogP contribution in [0.1, 0.15) is 36.3 Å². The minimum atomic E-state index is 0.279. The zero-order valence-corrected chi connectivity index (χ0v) is 15.0. The summed E-state index contributed by atoms with van der Waals surface area (Å²) in [4.78, 5) is 21.9. The van der Waals surface area contributed by atoms with E-state index >= 15 is 0 Å². The number of aromatic nitrogens is 2. The van der Waals surface area contributed by atoms with Crippen LogP contribution in [0.5, 0.6) is 0 Å². The third-order valence-electron chi connectivity index (χ3n) is 4.08. The molecule has 0 amide bonds. The molecular weight excluding hydrogens is 328 g/mol. The van der Waals surface area contributed by atoms with Crippen LogP contribution >= 0.6 is 11.3 Å². The molecule has 0 spiro atoms. The van der Waals surface area contributed by atoms with Gasteiger partial charge in [0, 0.05) is 18.8 Å². The van der Waals surface area contributed by atoms with Gasteiger partial charge in [0.05, 0.1) is 17.0 Å². The number of Topliss-reactive ketones (excluding diaryl/α,β-unsaturated/α-hetero) is 1. The van der Waals surface area contributed by atoms with Gasteiger partial charge in [-0.15, -0.1) is 11.3 Å².